The number of hydrogen-bond donors (Lipinski definition) is 0. The van der Waals surface area contributed by atoms with Gasteiger partial charge in [0.1, 0.15) is 11.5 Å². The molecule has 0 unspecified atom stereocenters. The number of likely N-dealkylation sites (N-methyl/N-ethyl adjacent to an activating group) is 1. The van der Waals surface area contributed by atoms with Crippen LogP contribution in [0.5, 0.6) is 11.5 Å². The van der Waals surface area contributed by atoms with E-state index in [2.05, 4.69) is 0 Å². The van der Waals surface area contributed by atoms with Crippen molar-refractivity contribution < 1.29 is 23.8 Å². The van der Waals surface area contributed by atoms with E-state index in [1.165, 1.54) is 7.11 Å². The molecule has 6 heteroatoms. The topological polar surface area (TPSA) is 65.1 Å². The maximum atomic E-state index is 12.7. The summed E-state index contributed by atoms with van der Waals surface area (Å²) < 4.78 is 15.4. The normalized spacial score (nSPS) is 16.0. The Hall–Kier alpha value is -2.76. The van der Waals surface area contributed by atoms with Crippen LogP contribution in [-0.2, 0) is 14.3 Å². The summed E-state index contributed by atoms with van der Waals surface area (Å²) in [6, 6.07) is 5.26. The zero-order valence-corrected chi connectivity index (χ0v) is 14.5. The predicted molar refractivity (Wildman–Crippen MR) is 89.6 cm³/mol. The molecular weight excluding hydrogens is 310 g/mol. The molecular formula is C18H21NO5. The first-order valence-corrected chi connectivity index (χ1v) is 7.53. The van der Waals surface area contributed by atoms with E-state index in [9.17, 15) is 9.59 Å². The Morgan fingerprint density at radius 1 is 1.21 bits per heavy atom. The molecule has 0 fully saturated rings. The molecule has 24 heavy (non-hydrogen) atoms. The molecule has 2 rings (SSSR count). The number of methoxy groups -OCH3 is 3. The first kappa shape index (κ1) is 17.6. The third kappa shape index (κ3) is 2.99. The lowest BCUT2D eigenvalue weighted by Crippen LogP contribution is -2.24. The van der Waals surface area contributed by atoms with Gasteiger partial charge in [0.25, 0.3) is 5.91 Å². The molecule has 0 radical (unpaired) electrons. The van der Waals surface area contributed by atoms with E-state index >= 15 is 0 Å². The molecule has 0 saturated carbocycles. The van der Waals surface area contributed by atoms with Crippen molar-refractivity contribution in [2.24, 2.45) is 0 Å². The highest BCUT2D eigenvalue weighted by atomic mass is 16.5. The van der Waals surface area contributed by atoms with Crippen LogP contribution in [0.2, 0.25) is 0 Å². The van der Waals surface area contributed by atoms with Gasteiger partial charge >= 0.3 is 5.97 Å². The number of carbonyl (C=O) groups is 2. The quantitative estimate of drug-likeness (QED) is 0.612. The van der Waals surface area contributed by atoms with E-state index < -0.39 is 5.97 Å². The number of hydrogen-bond acceptors (Lipinski definition) is 5. The fourth-order valence-corrected chi connectivity index (χ4v) is 2.72. The molecule has 1 aliphatic rings. The number of allylic oxidation sites excluding steroid dienone is 1. The van der Waals surface area contributed by atoms with Gasteiger partial charge in [-0.3, -0.25) is 4.79 Å². The average molecular weight is 331 g/mol. The second-order valence-corrected chi connectivity index (χ2v) is 5.17. The highest BCUT2D eigenvalue weighted by Crippen LogP contribution is 2.34. The van der Waals surface area contributed by atoms with Gasteiger partial charge in [-0.2, -0.15) is 0 Å². The van der Waals surface area contributed by atoms with Crippen LogP contribution in [0.3, 0.4) is 0 Å². The summed E-state index contributed by atoms with van der Waals surface area (Å²) in [7, 11) is 4.40. The maximum Gasteiger partial charge on any atom is 0.340 e. The first-order chi connectivity index (χ1) is 11.5. The van der Waals surface area contributed by atoms with E-state index in [0.29, 0.717) is 29.3 Å². The van der Waals surface area contributed by atoms with Gasteiger partial charge < -0.3 is 19.1 Å². The number of esters is 1. The van der Waals surface area contributed by atoms with E-state index in [0.717, 1.165) is 0 Å². The maximum absolute atomic E-state index is 12.7. The van der Waals surface area contributed by atoms with Crippen molar-refractivity contribution in [3.8, 4) is 11.5 Å². The highest BCUT2D eigenvalue weighted by molar-refractivity contribution is 6.16. The van der Waals surface area contributed by atoms with Gasteiger partial charge in [0.2, 0.25) is 0 Å². The van der Waals surface area contributed by atoms with Crippen LogP contribution < -0.4 is 9.47 Å². The third-order valence-corrected chi connectivity index (χ3v) is 3.95. The molecule has 1 amide bonds. The van der Waals surface area contributed by atoms with Gasteiger partial charge in [-0.25, -0.2) is 4.79 Å². The van der Waals surface area contributed by atoms with Crippen molar-refractivity contribution in [2.45, 2.75) is 13.8 Å². The van der Waals surface area contributed by atoms with Crippen molar-refractivity contribution >= 4 is 18.0 Å². The summed E-state index contributed by atoms with van der Waals surface area (Å²) >= 11 is 0. The number of rotatable bonds is 5. The van der Waals surface area contributed by atoms with Crippen LogP contribution in [-0.4, -0.2) is 44.7 Å². The van der Waals surface area contributed by atoms with Crippen molar-refractivity contribution in [3.05, 3.63) is 40.6 Å². The Balaban J connectivity index is 2.62. The number of nitrogens with zero attached hydrogens (tertiary/aromatic N) is 1. The molecule has 1 aromatic rings. The lowest BCUT2D eigenvalue weighted by molar-refractivity contribution is -0.136. The fourth-order valence-electron chi connectivity index (χ4n) is 2.72. The Morgan fingerprint density at radius 3 is 2.46 bits per heavy atom. The van der Waals surface area contributed by atoms with E-state index in [1.807, 2.05) is 6.92 Å². The number of ether oxygens (including phenoxy) is 3. The zero-order chi connectivity index (χ0) is 17.9. The van der Waals surface area contributed by atoms with Crippen LogP contribution in [0.4, 0.5) is 0 Å². The molecule has 1 aromatic carbocycles. The van der Waals surface area contributed by atoms with Crippen molar-refractivity contribution in [1.29, 1.82) is 0 Å². The summed E-state index contributed by atoms with van der Waals surface area (Å²) in [6.07, 6.45) is 1.63. The fraction of sp³-hybridized carbons (Fsp3) is 0.333. The molecule has 0 N–H and O–H groups in total. The van der Waals surface area contributed by atoms with Gasteiger partial charge in [-0.1, -0.05) is 0 Å². The molecule has 128 valence electrons. The van der Waals surface area contributed by atoms with Crippen LogP contribution in [0.25, 0.3) is 6.08 Å². The molecule has 6 nitrogen and oxygen atoms in total. The van der Waals surface area contributed by atoms with E-state index in [1.54, 1.807) is 50.3 Å². The zero-order valence-electron chi connectivity index (χ0n) is 14.5. The van der Waals surface area contributed by atoms with Crippen molar-refractivity contribution in [3.63, 3.8) is 0 Å². The molecule has 0 spiro atoms. The smallest absolute Gasteiger partial charge is 0.340 e. The molecule has 0 saturated heterocycles. The van der Waals surface area contributed by atoms with Gasteiger partial charge in [0.05, 0.1) is 32.5 Å². The van der Waals surface area contributed by atoms with Gasteiger partial charge in [0.15, 0.2) is 0 Å². The summed E-state index contributed by atoms with van der Waals surface area (Å²) in [5.74, 6) is 0.430. The summed E-state index contributed by atoms with van der Waals surface area (Å²) in [6.45, 7) is 4.06. The largest absolute Gasteiger partial charge is 0.497 e. The lowest BCUT2D eigenvalue weighted by Gasteiger charge is -2.14. The average Bonchev–Trinajstić information content (AvgIpc) is 2.83. The Kier molecular flexibility index (Phi) is 5.28. The van der Waals surface area contributed by atoms with Crippen molar-refractivity contribution in [2.75, 3.05) is 27.9 Å². The summed E-state index contributed by atoms with van der Waals surface area (Å²) in [4.78, 5) is 26.4. The van der Waals surface area contributed by atoms with E-state index in [-0.39, 0.29) is 17.1 Å². The number of amides is 1. The number of carbonyl (C=O) groups excluding carboxylic acids is 2. The standard InChI is InChI=1S/C18H21NO5/c1-6-19-11(2)16(18(21)24-5)14(17(19)20)10-12-9-13(22-3)7-8-15(12)23-4/h7-10H,6H2,1-5H3/b14-10-. The van der Waals surface area contributed by atoms with Gasteiger partial charge in [0, 0.05) is 17.8 Å². The van der Waals surface area contributed by atoms with Crippen LogP contribution in [0.1, 0.15) is 19.4 Å². The van der Waals surface area contributed by atoms with Crippen LogP contribution in [0.15, 0.2) is 35.0 Å². The van der Waals surface area contributed by atoms with Crippen molar-refractivity contribution in [1.82, 2.24) is 4.90 Å². The first-order valence-electron chi connectivity index (χ1n) is 7.53. The number of benzene rings is 1. The lowest BCUT2D eigenvalue weighted by atomic mass is 10.0. The SMILES string of the molecule is CCN1C(=O)/C(=C\c2cc(OC)ccc2OC)C(C(=O)OC)=C1C. The monoisotopic (exact) mass is 331 g/mol. The Morgan fingerprint density at radius 2 is 1.92 bits per heavy atom. The second kappa shape index (κ2) is 7.21. The van der Waals surface area contributed by atoms with Gasteiger partial charge in [-0.15, -0.1) is 0 Å². The van der Waals surface area contributed by atoms with Crippen LogP contribution in [0, 0.1) is 0 Å². The van der Waals surface area contributed by atoms with E-state index in [4.69, 9.17) is 14.2 Å². The highest BCUT2D eigenvalue weighted by Gasteiger charge is 2.36. The molecule has 0 bridgehead atoms. The minimum atomic E-state index is -0.537. The summed E-state index contributed by atoms with van der Waals surface area (Å²) in [5.41, 5.74) is 1.79. The molecule has 0 aromatic heterocycles. The van der Waals surface area contributed by atoms with Crippen LogP contribution >= 0.6 is 0 Å². The molecule has 1 aliphatic heterocycles. The predicted octanol–water partition coefficient (Wildman–Crippen LogP) is 2.40. The Labute approximate surface area is 141 Å². The third-order valence-electron chi connectivity index (χ3n) is 3.95. The second-order valence-electron chi connectivity index (χ2n) is 5.17. The Bertz CT molecular complexity index is 733. The molecule has 0 aliphatic carbocycles. The molecule has 0 atom stereocenters. The molecule has 1 heterocycles. The minimum Gasteiger partial charge on any atom is -0.497 e. The summed E-state index contributed by atoms with van der Waals surface area (Å²) in [5, 5.41) is 0. The van der Waals surface area contributed by atoms with Gasteiger partial charge in [-0.05, 0) is 38.1 Å². The minimum absolute atomic E-state index is 0.236.